The minimum Gasteiger partial charge on any atom is -0.475 e. The lowest BCUT2D eigenvalue weighted by Gasteiger charge is -2.10. The lowest BCUT2D eigenvalue weighted by atomic mass is 10.1. The number of ether oxygens (including phenoxy) is 4. The van der Waals surface area contributed by atoms with E-state index < -0.39 is 0 Å². The summed E-state index contributed by atoms with van der Waals surface area (Å²) in [6.07, 6.45) is 7.59. The zero-order chi connectivity index (χ0) is 34.0. The second-order valence-corrected chi connectivity index (χ2v) is 12.0. The summed E-state index contributed by atoms with van der Waals surface area (Å²) < 4.78 is 38.2. The number of benzene rings is 3. The van der Waals surface area contributed by atoms with E-state index in [1.165, 1.54) is 23.1 Å². The van der Waals surface area contributed by atoms with Crippen LogP contribution in [0, 0.1) is 5.82 Å². The fourth-order valence-electron chi connectivity index (χ4n) is 6.04. The van der Waals surface area contributed by atoms with E-state index in [0.29, 0.717) is 58.7 Å². The quantitative estimate of drug-likeness (QED) is 0.0936. The number of hydrogen-bond donors (Lipinski definition) is 2. The number of nitrogens with zero attached hydrogens (tertiary/aromatic N) is 3. The van der Waals surface area contributed by atoms with E-state index in [1.54, 1.807) is 6.20 Å². The minimum atomic E-state index is -0.216. The number of aromatic amines is 1. The maximum absolute atomic E-state index is 13.3. The van der Waals surface area contributed by atoms with E-state index in [1.807, 2.05) is 42.7 Å². The number of H-pyrrole nitrogens is 1. The first-order valence-electron chi connectivity index (χ1n) is 16.9. The monoisotopic (exact) mass is 673 g/mol. The van der Waals surface area contributed by atoms with Crippen LogP contribution in [0.4, 0.5) is 4.39 Å². The summed E-state index contributed by atoms with van der Waals surface area (Å²) in [7, 11) is 0. The summed E-state index contributed by atoms with van der Waals surface area (Å²) in [5, 5.41) is 6.95. The van der Waals surface area contributed by atoms with E-state index in [2.05, 4.69) is 73.5 Å². The third-order valence-corrected chi connectivity index (χ3v) is 8.60. The van der Waals surface area contributed by atoms with E-state index in [4.69, 9.17) is 18.9 Å². The van der Waals surface area contributed by atoms with Crippen LogP contribution in [0.15, 0.2) is 110 Å². The number of pyridine rings is 2. The first kappa shape index (κ1) is 33.4. The maximum atomic E-state index is 13.3. The first-order valence-corrected chi connectivity index (χ1v) is 16.9. The Labute approximate surface area is 290 Å². The number of hydrogen-bond acceptors (Lipinski definition) is 7. The second-order valence-electron chi connectivity index (χ2n) is 12.0. The molecule has 9 nitrogen and oxygen atoms in total. The molecule has 10 heteroatoms. The zero-order valence-electron chi connectivity index (χ0n) is 27.8. The first-order chi connectivity index (χ1) is 24.7. The van der Waals surface area contributed by atoms with Crippen molar-refractivity contribution in [2.45, 2.75) is 13.1 Å². The van der Waals surface area contributed by atoms with Gasteiger partial charge in [-0.3, -0.25) is 4.98 Å². The molecule has 0 spiro atoms. The zero-order valence-corrected chi connectivity index (χ0v) is 27.8. The molecule has 0 fully saturated rings. The molecule has 0 atom stereocenters. The topological polar surface area (TPSA) is 95.5 Å². The lowest BCUT2D eigenvalue weighted by molar-refractivity contribution is 0.00959. The molecule has 0 aliphatic heterocycles. The van der Waals surface area contributed by atoms with Crippen molar-refractivity contribution in [3.8, 4) is 17.0 Å². The molecule has 50 heavy (non-hydrogen) atoms. The number of rotatable bonds is 18. The van der Waals surface area contributed by atoms with Gasteiger partial charge in [0.2, 0.25) is 5.88 Å². The van der Waals surface area contributed by atoms with Gasteiger partial charge in [-0.1, -0.05) is 36.4 Å². The van der Waals surface area contributed by atoms with Gasteiger partial charge >= 0.3 is 0 Å². The van der Waals surface area contributed by atoms with Crippen LogP contribution < -0.4 is 10.1 Å². The molecule has 7 aromatic rings. The smallest absolute Gasteiger partial charge is 0.213 e. The number of aromatic nitrogens is 4. The highest BCUT2D eigenvalue weighted by Crippen LogP contribution is 2.29. The highest BCUT2D eigenvalue weighted by Gasteiger charge is 2.08. The molecule has 0 unspecified atom stereocenters. The summed E-state index contributed by atoms with van der Waals surface area (Å²) in [5.74, 6) is 0.347. The molecule has 0 aliphatic rings. The molecule has 4 aromatic heterocycles. The lowest BCUT2D eigenvalue weighted by Crippen LogP contribution is -2.20. The molecule has 0 saturated heterocycles. The Morgan fingerprint density at radius 1 is 0.700 bits per heavy atom. The molecule has 4 heterocycles. The van der Waals surface area contributed by atoms with Gasteiger partial charge in [-0.15, -0.1) is 0 Å². The molecule has 0 saturated carbocycles. The van der Waals surface area contributed by atoms with E-state index in [-0.39, 0.29) is 5.82 Å². The van der Waals surface area contributed by atoms with Crippen molar-refractivity contribution in [1.82, 2.24) is 24.8 Å². The summed E-state index contributed by atoms with van der Waals surface area (Å²) >= 11 is 0. The van der Waals surface area contributed by atoms with Crippen molar-refractivity contribution in [3.63, 3.8) is 0 Å². The molecule has 0 radical (unpaired) electrons. The molecule has 3 aromatic carbocycles. The van der Waals surface area contributed by atoms with Gasteiger partial charge < -0.3 is 33.8 Å². The predicted octanol–water partition coefficient (Wildman–Crippen LogP) is 7.14. The maximum Gasteiger partial charge on any atom is 0.213 e. The third-order valence-electron chi connectivity index (χ3n) is 8.60. The Kier molecular flexibility index (Phi) is 11.0. The Morgan fingerprint density at radius 3 is 2.32 bits per heavy atom. The van der Waals surface area contributed by atoms with Gasteiger partial charge in [-0.2, -0.15) is 0 Å². The van der Waals surface area contributed by atoms with Crippen LogP contribution in [-0.4, -0.2) is 72.3 Å². The molecular formula is C40H40FN5O4. The highest BCUT2D eigenvalue weighted by atomic mass is 19.1. The van der Waals surface area contributed by atoms with Crippen LogP contribution in [0.1, 0.15) is 11.1 Å². The van der Waals surface area contributed by atoms with Crippen molar-refractivity contribution in [3.05, 3.63) is 127 Å². The molecule has 0 bridgehead atoms. The van der Waals surface area contributed by atoms with Crippen LogP contribution in [0.3, 0.4) is 0 Å². The van der Waals surface area contributed by atoms with Crippen LogP contribution in [0.25, 0.3) is 43.8 Å². The summed E-state index contributed by atoms with van der Waals surface area (Å²) in [6, 6.07) is 27.4. The number of halogens is 1. The molecular weight excluding hydrogens is 633 g/mol. The average Bonchev–Trinajstić information content (AvgIpc) is 3.74. The van der Waals surface area contributed by atoms with Crippen LogP contribution in [0.2, 0.25) is 0 Å². The molecule has 0 aliphatic carbocycles. The number of nitrogens with one attached hydrogen (secondary N) is 2. The minimum absolute atomic E-state index is 0.216. The Balaban J connectivity index is 0.718. The highest BCUT2D eigenvalue weighted by molar-refractivity contribution is 6.07. The van der Waals surface area contributed by atoms with Gasteiger partial charge in [0.05, 0.1) is 39.6 Å². The third kappa shape index (κ3) is 8.35. The summed E-state index contributed by atoms with van der Waals surface area (Å²) in [5.41, 5.74) is 7.71. The SMILES string of the molecule is Fc1ccc(Cn2ccc3c(CNCCOCCOCCOCCOc4ccc(-c5ccc6c(c5)[nH]c5ccncc56)cn4)cccc32)cc1. The van der Waals surface area contributed by atoms with Gasteiger partial charge in [0.15, 0.2) is 0 Å². The van der Waals surface area contributed by atoms with Crippen molar-refractivity contribution < 1.29 is 23.3 Å². The summed E-state index contributed by atoms with van der Waals surface area (Å²) in [4.78, 5) is 12.2. The Morgan fingerprint density at radius 2 is 1.50 bits per heavy atom. The standard InChI is InChI=1S/C40H40FN5O4/c41-33-8-4-29(5-9-33)28-46-16-13-34-32(2-1-3-39(34)46)25-43-15-17-47-18-19-48-20-21-49-22-23-50-40-11-7-31(26-44-40)30-6-10-35-36-27-42-14-12-37(36)45-38(35)24-30/h1-14,16,24,26-27,43,45H,15,17-23,25,28H2. The van der Waals surface area contributed by atoms with Gasteiger partial charge in [-0.05, 0) is 59.2 Å². The van der Waals surface area contributed by atoms with Crippen molar-refractivity contribution >= 4 is 32.7 Å². The van der Waals surface area contributed by atoms with E-state index in [0.717, 1.165) is 57.1 Å². The van der Waals surface area contributed by atoms with Gasteiger partial charge in [0, 0.05) is 88.8 Å². The van der Waals surface area contributed by atoms with E-state index in [9.17, 15) is 4.39 Å². The van der Waals surface area contributed by atoms with Crippen LogP contribution >= 0.6 is 0 Å². The number of fused-ring (bicyclic) bond motifs is 4. The Bertz CT molecular complexity index is 2130. The largest absolute Gasteiger partial charge is 0.475 e. The molecule has 0 amide bonds. The second kappa shape index (κ2) is 16.5. The molecule has 7 rings (SSSR count). The fourth-order valence-corrected chi connectivity index (χ4v) is 6.04. The normalized spacial score (nSPS) is 11.6. The van der Waals surface area contributed by atoms with Gasteiger partial charge in [0.25, 0.3) is 0 Å². The van der Waals surface area contributed by atoms with E-state index >= 15 is 0 Å². The Hall–Kier alpha value is -5.13. The van der Waals surface area contributed by atoms with Crippen LogP contribution in [-0.2, 0) is 27.3 Å². The summed E-state index contributed by atoms with van der Waals surface area (Å²) in [6.45, 7) is 5.69. The van der Waals surface area contributed by atoms with Crippen molar-refractivity contribution in [2.75, 3.05) is 52.8 Å². The van der Waals surface area contributed by atoms with Gasteiger partial charge in [0.1, 0.15) is 12.4 Å². The fraction of sp³-hybridized carbons (Fsp3) is 0.250. The predicted molar refractivity (Wildman–Crippen MR) is 194 cm³/mol. The van der Waals surface area contributed by atoms with Crippen molar-refractivity contribution in [1.29, 1.82) is 0 Å². The van der Waals surface area contributed by atoms with Crippen molar-refractivity contribution in [2.24, 2.45) is 0 Å². The van der Waals surface area contributed by atoms with Gasteiger partial charge in [-0.25, -0.2) is 9.37 Å². The average molecular weight is 674 g/mol. The molecule has 2 N–H and O–H groups in total. The molecule has 256 valence electrons. The van der Waals surface area contributed by atoms with Crippen LogP contribution in [0.5, 0.6) is 5.88 Å².